The number of ether oxygens (including phenoxy) is 1. The van der Waals surface area contributed by atoms with Gasteiger partial charge in [-0.15, -0.1) is 0 Å². The number of carbonyl (C=O) groups excluding carboxylic acids is 2. The zero-order valence-electron chi connectivity index (χ0n) is 17.2. The van der Waals surface area contributed by atoms with Crippen molar-refractivity contribution in [2.45, 2.75) is 40.5 Å². The van der Waals surface area contributed by atoms with E-state index in [1.807, 2.05) is 13.8 Å². The Labute approximate surface area is 171 Å². The number of halogens is 3. The molecule has 0 heterocycles. The number of hydrogen-bond acceptors (Lipinski definition) is 7. The van der Waals surface area contributed by atoms with Crippen LogP contribution in [0.5, 0.6) is 0 Å². The van der Waals surface area contributed by atoms with Gasteiger partial charge in [0.25, 0.3) is 0 Å². The molecule has 8 nitrogen and oxygen atoms in total. The molecule has 0 saturated heterocycles. The molecule has 30 heavy (non-hydrogen) atoms. The number of ketones is 1. The first-order chi connectivity index (χ1) is 14.1. The molecule has 0 amide bonds. The zero-order chi connectivity index (χ0) is 23.0. The number of benzene rings is 1. The molecule has 1 aromatic carbocycles. The maximum absolute atomic E-state index is 14.6. The van der Waals surface area contributed by atoms with Crippen LogP contribution in [0.25, 0.3) is 0 Å². The fourth-order valence-electron chi connectivity index (χ4n) is 2.69. The lowest BCUT2D eigenvalue weighted by molar-refractivity contribution is -0.388. The molecular weight excluding hydrogens is 407 g/mol. The van der Waals surface area contributed by atoms with Gasteiger partial charge in [0.15, 0.2) is 17.5 Å². The predicted octanol–water partition coefficient (Wildman–Crippen LogP) is 3.79. The molecule has 1 unspecified atom stereocenters. The second-order valence-electron chi connectivity index (χ2n) is 6.36. The van der Waals surface area contributed by atoms with Crippen LogP contribution in [0.1, 0.15) is 49.5 Å². The average molecular weight is 431 g/mol. The van der Waals surface area contributed by atoms with Crippen LogP contribution < -0.4 is 0 Å². The summed E-state index contributed by atoms with van der Waals surface area (Å²) in [5, 5.41) is 16.8. The van der Waals surface area contributed by atoms with Gasteiger partial charge in [-0.25, -0.2) is 8.78 Å². The molecule has 0 N–H and O–H groups in total. The van der Waals surface area contributed by atoms with E-state index in [2.05, 4.69) is 5.10 Å². The number of hydrazone groups is 1. The van der Waals surface area contributed by atoms with Gasteiger partial charge in [-0.05, 0) is 26.7 Å². The van der Waals surface area contributed by atoms with Gasteiger partial charge in [0, 0.05) is 24.9 Å². The first-order valence-electron chi connectivity index (χ1n) is 9.43. The normalized spacial score (nSPS) is 12.1. The van der Waals surface area contributed by atoms with E-state index in [9.17, 15) is 32.9 Å². The molecule has 166 valence electrons. The van der Waals surface area contributed by atoms with Gasteiger partial charge in [0.1, 0.15) is 11.4 Å². The highest BCUT2D eigenvalue weighted by Crippen LogP contribution is 2.32. The number of nitro groups is 1. The predicted molar refractivity (Wildman–Crippen MR) is 103 cm³/mol. The number of carbonyl (C=O) groups is 2. The quantitative estimate of drug-likeness (QED) is 0.100. The smallest absolute Gasteiger partial charge is 0.322 e. The van der Waals surface area contributed by atoms with Crippen LogP contribution in [0.3, 0.4) is 0 Å². The van der Waals surface area contributed by atoms with Gasteiger partial charge in [-0.1, -0.05) is 13.8 Å². The van der Waals surface area contributed by atoms with E-state index in [4.69, 9.17) is 4.74 Å². The summed E-state index contributed by atoms with van der Waals surface area (Å²) >= 11 is 0. The third kappa shape index (κ3) is 5.55. The SMILES string of the molecule is CCCN(CCC)N=CC(C(=O)OCC)C(=O)c1c(F)c(C)c(F)c(F)c1[N+](=O)[O-]. The number of hydrogen-bond donors (Lipinski definition) is 0. The summed E-state index contributed by atoms with van der Waals surface area (Å²) in [5.74, 6) is -9.85. The third-order valence-corrected chi connectivity index (χ3v) is 4.11. The average Bonchev–Trinajstić information content (AvgIpc) is 2.69. The van der Waals surface area contributed by atoms with Crippen LogP contribution in [0.15, 0.2) is 5.10 Å². The van der Waals surface area contributed by atoms with E-state index in [0.717, 1.165) is 13.1 Å². The first kappa shape index (κ1) is 25.1. The second-order valence-corrected chi connectivity index (χ2v) is 6.36. The Morgan fingerprint density at radius 1 is 1.13 bits per heavy atom. The van der Waals surface area contributed by atoms with E-state index in [1.165, 1.54) is 6.92 Å². The van der Waals surface area contributed by atoms with Crippen LogP contribution in [0.4, 0.5) is 18.9 Å². The number of nitro benzene ring substituents is 1. The van der Waals surface area contributed by atoms with Crippen molar-refractivity contribution in [3.05, 3.63) is 38.7 Å². The summed E-state index contributed by atoms with van der Waals surface area (Å²) in [4.78, 5) is 35.0. The fourth-order valence-corrected chi connectivity index (χ4v) is 2.69. The molecule has 0 bridgehead atoms. The third-order valence-electron chi connectivity index (χ3n) is 4.11. The number of nitrogens with zero attached hydrogens (tertiary/aromatic N) is 3. The van der Waals surface area contributed by atoms with Crippen molar-refractivity contribution in [2.75, 3.05) is 19.7 Å². The van der Waals surface area contributed by atoms with Crippen molar-refractivity contribution in [1.29, 1.82) is 0 Å². The van der Waals surface area contributed by atoms with Gasteiger partial charge in [-0.2, -0.15) is 9.49 Å². The van der Waals surface area contributed by atoms with Crippen molar-refractivity contribution < 1.29 is 32.4 Å². The highest BCUT2D eigenvalue weighted by atomic mass is 19.2. The van der Waals surface area contributed by atoms with Crippen LogP contribution in [-0.2, 0) is 9.53 Å². The van der Waals surface area contributed by atoms with Crippen LogP contribution in [0.2, 0.25) is 0 Å². The van der Waals surface area contributed by atoms with Gasteiger partial charge < -0.3 is 4.74 Å². The van der Waals surface area contributed by atoms with E-state index in [-0.39, 0.29) is 6.61 Å². The lowest BCUT2D eigenvalue weighted by Crippen LogP contribution is -2.31. The van der Waals surface area contributed by atoms with Crippen LogP contribution >= 0.6 is 0 Å². The Kier molecular flexibility index (Phi) is 9.41. The summed E-state index contributed by atoms with van der Waals surface area (Å²) in [6, 6.07) is 0. The zero-order valence-corrected chi connectivity index (χ0v) is 17.2. The summed E-state index contributed by atoms with van der Waals surface area (Å²) in [6.07, 6.45) is 2.29. The molecule has 0 radical (unpaired) electrons. The molecule has 0 aromatic heterocycles. The second kappa shape index (κ2) is 11.3. The number of rotatable bonds is 11. The molecular formula is C19H24F3N3O5. The molecule has 0 aliphatic heterocycles. The van der Waals surface area contributed by atoms with Crippen molar-refractivity contribution in [1.82, 2.24) is 5.01 Å². The van der Waals surface area contributed by atoms with Crippen molar-refractivity contribution in [3.8, 4) is 0 Å². The molecule has 0 saturated carbocycles. The maximum Gasteiger partial charge on any atom is 0.322 e. The summed E-state index contributed by atoms with van der Waals surface area (Å²) < 4.78 is 47.4. The first-order valence-corrected chi connectivity index (χ1v) is 9.43. The molecule has 0 spiro atoms. The molecule has 11 heteroatoms. The van der Waals surface area contributed by atoms with E-state index in [1.54, 1.807) is 5.01 Å². The van der Waals surface area contributed by atoms with Gasteiger partial charge in [0.2, 0.25) is 5.82 Å². The lowest BCUT2D eigenvalue weighted by Gasteiger charge is -2.18. The minimum atomic E-state index is -1.99. The molecule has 0 aliphatic rings. The van der Waals surface area contributed by atoms with Gasteiger partial charge in [-0.3, -0.25) is 24.7 Å². The van der Waals surface area contributed by atoms with Gasteiger partial charge in [0.05, 0.1) is 11.5 Å². The van der Waals surface area contributed by atoms with Crippen LogP contribution in [0, 0.1) is 40.4 Å². The minimum absolute atomic E-state index is 0.133. The highest BCUT2D eigenvalue weighted by Gasteiger charge is 2.39. The molecule has 0 fully saturated rings. The lowest BCUT2D eigenvalue weighted by atomic mass is 9.94. The van der Waals surface area contributed by atoms with Gasteiger partial charge >= 0.3 is 11.7 Å². The van der Waals surface area contributed by atoms with E-state index in [0.29, 0.717) is 25.9 Å². The monoisotopic (exact) mass is 431 g/mol. The van der Waals surface area contributed by atoms with Crippen molar-refractivity contribution in [2.24, 2.45) is 11.0 Å². The topological polar surface area (TPSA) is 102 Å². The summed E-state index contributed by atoms with van der Waals surface area (Å²) in [6.45, 7) is 6.91. The van der Waals surface area contributed by atoms with E-state index >= 15 is 0 Å². The summed E-state index contributed by atoms with van der Waals surface area (Å²) in [5.41, 5.74) is -3.93. The molecule has 0 aliphatic carbocycles. The maximum atomic E-state index is 14.6. The Hall–Kier alpha value is -2.98. The Bertz CT molecular complexity index is 839. The Morgan fingerprint density at radius 3 is 2.17 bits per heavy atom. The number of Topliss-reactive ketones (excluding diaryl/α,β-unsaturated/α-hetero) is 1. The largest absolute Gasteiger partial charge is 0.465 e. The summed E-state index contributed by atoms with van der Waals surface area (Å²) in [7, 11) is 0. The molecule has 1 aromatic rings. The minimum Gasteiger partial charge on any atom is -0.465 e. The van der Waals surface area contributed by atoms with Crippen molar-refractivity contribution >= 4 is 23.7 Å². The van der Waals surface area contributed by atoms with Crippen LogP contribution in [-0.4, -0.2) is 47.6 Å². The highest BCUT2D eigenvalue weighted by molar-refractivity contribution is 6.20. The molecule has 1 atom stereocenters. The Morgan fingerprint density at radius 2 is 1.70 bits per heavy atom. The Balaban J connectivity index is 3.58. The fraction of sp³-hybridized carbons (Fsp3) is 0.526. The van der Waals surface area contributed by atoms with Crippen molar-refractivity contribution in [3.63, 3.8) is 0 Å². The molecule has 1 rings (SSSR count). The van der Waals surface area contributed by atoms with E-state index < -0.39 is 56.9 Å². The standard InChI is InChI=1S/C19H24F3N3O5/c1-5-8-24(9-6-2)23-10-12(19(27)30-7-3)18(26)13-14(20)11(4)15(21)16(22)17(13)25(28)29/h10,12H,5-9H2,1-4H3. The number of esters is 1.